The maximum absolute atomic E-state index is 12.5. The van der Waals surface area contributed by atoms with Crippen molar-refractivity contribution in [3.63, 3.8) is 0 Å². The van der Waals surface area contributed by atoms with Crippen LogP contribution in [0.3, 0.4) is 0 Å². The smallest absolute Gasteiger partial charge is 0.284 e. The molecule has 0 atom stereocenters. The van der Waals surface area contributed by atoms with Crippen LogP contribution in [0.4, 0.5) is 0 Å². The average molecular weight is 489 g/mol. The third-order valence-electron chi connectivity index (χ3n) is 3.49. The van der Waals surface area contributed by atoms with Crippen LogP contribution < -0.4 is 5.73 Å². The highest BCUT2D eigenvalue weighted by Crippen LogP contribution is 2.20. The van der Waals surface area contributed by atoms with E-state index in [0.717, 1.165) is 17.0 Å². The summed E-state index contributed by atoms with van der Waals surface area (Å²) in [5.41, 5.74) is 7.81. The number of hydrogen-bond donors (Lipinski definition) is 1. The van der Waals surface area contributed by atoms with E-state index >= 15 is 0 Å². The normalized spacial score (nSPS) is 7.66. The standard InChI is InChI=1S/C16H15NO.C4H7NO2.5C2H6/c1-4-13-11-12(3)17(15(13)5-2)16(18)14-9-7-6-8-10-14;1-2-3(6)4(5)7;5*1-2/h4-11H,1-2H2,3H3;2H2,1H3,(H2,5,7);5*1-2H3. The van der Waals surface area contributed by atoms with E-state index in [1.54, 1.807) is 23.6 Å². The lowest BCUT2D eigenvalue weighted by Gasteiger charge is -2.08. The molecule has 0 spiro atoms. The van der Waals surface area contributed by atoms with E-state index in [1.807, 2.05) is 113 Å². The van der Waals surface area contributed by atoms with Crippen molar-refractivity contribution in [1.82, 2.24) is 4.57 Å². The van der Waals surface area contributed by atoms with Crippen LogP contribution in [0.25, 0.3) is 12.2 Å². The van der Waals surface area contributed by atoms with Gasteiger partial charge >= 0.3 is 0 Å². The molecule has 35 heavy (non-hydrogen) atoms. The lowest BCUT2D eigenvalue weighted by molar-refractivity contribution is -0.135. The predicted octanol–water partition coefficient (Wildman–Crippen LogP) is 8.35. The Labute approximate surface area is 216 Å². The molecule has 1 aromatic carbocycles. The molecule has 2 rings (SSSR count). The Hall–Kier alpha value is -3.21. The zero-order valence-corrected chi connectivity index (χ0v) is 24.5. The first-order chi connectivity index (χ1) is 16.9. The van der Waals surface area contributed by atoms with Gasteiger partial charge in [-0.2, -0.15) is 0 Å². The third-order valence-corrected chi connectivity index (χ3v) is 3.49. The number of ketones is 1. The molecule has 1 aromatic heterocycles. The molecule has 0 aliphatic heterocycles. The Kier molecular flexibility index (Phi) is 36.9. The minimum absolute atomic E-state index is 0.0453. The van der Waals surface area contributed by atoms with Crippen molar-refractivity contribution >= 4 is 29.7 Å². The van der Waals surface area contributed by atoms with Gasteiger partial charge in [0.2, 0.25) is 5.78 Å². The van der Waals surface area contributed by atoms with Crippen molar-refractivity contribution < 1.29 is 14.4 Å². The van der Waals surface area contributed by atoms with E-state index in [0.29, 0.717) is 5.56 Å². The topological polar surface area (TPSA) is 82.2 Å². The van der Waals surface area contributed by atoms with Gasteiger partial charge in [0.15, 0.2) is 0 Å². The molecule has 0 unspecified atom stereocenters. The summed E-state index contributed by atoms with van der Waals surface area (Å²) in [5.74, 6) is -1.40. The minimum atomic E-state index is -0.845. The molecule has 2 N–H and O–H groups in total. The fourth-order valence-electron chi connectivity index (χ4n) is 2.21. The highest BCUT2D eigenvalue weighted by Gasteiger charge is 2.15. The Morgan fingerprint density at radius 1 is 0.829 bits per heavy atom. The molecule has 0 saturated heterocycles. The first-order valence-corrected chi connectivity index (χ1v) is 12.8. The molecule has 2 aromatic rings. The van der Waals surface area contributed by atoms with E-state index in [4.69, 9.17) is 0 Å². The largest absolute Gasteiger partial charge is 0.363 e. The van der Waals surface area contributed by atoms with Gasteiger partial charge in [-0.05, 0) is 36.8 Å². The Morgan fingerprint density at radius 3 is 1.54 bits per heavy atom. The van der Waals surface area contributed by atoms with Gasteiger partial charge in [0, 0.05) is 17.7 Å². The molecule has 5 heteroatoms. The number of rotatable bonds is 5. The van der Waals surface area contributed by atoms with Crippen molar-refractivity contribution in [1.29, 1.82) is 0 Å². The number of carbonyl (C=O) groups is 3. The van der Waals surface area contributed by atoms with Crippen LogP contribution in [0.15, 0.2) is 49.6 Å². The fraction of sp³-hybridized carbons (Fsp3) is 0.433. The van der Waals surface area contributed by atoms with Crippen molar-refractivity contribution in [3.8, 4) is 0 Å². The fourth-order valence-corrected chi connectivity index (χ4v) is 2.21. The molecular formula is C30H52N2O3. The quantitative estimate of drug-likeness (QED) is 0.429. The number of nitrogens with two attached hydrogens (primary N) is 1. The van der Waals surface area contributed by atoms with Gasteiger partial charge in [-0.15, -0.1) is 0 Å². The van der Waals surface area contributed by atoms with Crippen LogP contribution in [-0.2, 0) is 9.59 Å². The maximum atomic E-state index is 12.5. The summed E-state index contributed by atoms with van der Waals surface area (Å²) in [4.78, 5) is 32.3. The van der Waals surface area contributed by atoms with Crippen LogP contribution in [0.5, 0.6) is 0 Å². The van der Waals surface area contributed by atoms with E-state index in [2.05, 4.69) is 18.9 Å². The molecule has 0 aliphatic carbocycles. The van der Waals surface area contributed by atoms with Gasteiger partial charge in [-0.1, -0.05) is 114 Å². The van der Waals surface area contributed by atoms with Crippen molar-refractivity contribution in [2.24, 2.45) is 5.73 Å². The number of aryl methyl sites for hydroxylation is 1. The number of primary amides is 1. The van der Waals surface area contributed by atoms with Gasteiger partial charge in [0.1, 0.15) is 0 Å². The van der Waals surface area contributed by atoms with Gasteiger partial charge in [0.25, 0.3) is 11.8 Å². The predicted molar refractivity (Wildman–Crippen MR) is 157 cm³/mol. The average Bonchev–Trinajstić information content (AvgIpc) is 3.29. The molecule has 200 valence electrons. The molecule has 1 heterocycles. The number of hydrogen-bond acceptors (Lipinski definition) is 3. The molecule has 0 fully saturated rings. The molecule has 1 amide bonds. The van der Waals surface area contributed by atoms with Crippen LogP contribution in [0, 0.1) is 6.92 Å². The summed E-state index contributed by atoms with van der Waals surface area (Å²) in [5, 5.41) is 0. The Bertz CT molecular complexity index is 805. The zero-order chi connectivity index (χ0) is 29.0. The van der Waals surface area contributed by atoms with E-state index in [9.17, 15) is 14.4 Å². The van der Waals surface area contributed by atoms with E-state index < -0.39 is 11.7 Å². The monoisotopic (exact) mass is 488 g/mol. The lowest BCUT2D eigenvalue weighted by atomic mass is 10.2. The van der Waals surface area contributed by atoms with Crippen LogP contribution in [0.2, 0.25) is 0 Å². The molecule has 5 nitrogen and oxygen atoms in total. The van der Waals surface area contributed by atoms with Gasteiger partial charge in [-0.25, -0.2) is 0 Å². The highest BCUT2D eigenvalue weighted by atomic mass is 16.2. The van der Waals surface area contributed by atoms with Crippen LogP contribution >= 0.6 is 0 Å². The highest BCUT2D eigenvalue weighted by molar-refractivity contribution is 6.35. The van der Waals surface area contributed by atoms with Gasteiger partial charge in [0.05, 0.1) is 5.69 Å². The lowest BCUT2D eigenvalue weighted by Crippen LogP contribution is -2.21. The SMILES string of the molecule is C=Cc1cc(C)n(C(=O)c2ccccc2)c1C=C.CC.CC.CC.CC.CC.CCC(=O)C(N)=O. The second-order valence-electron chi connectivity index (χ2n) is 5.18. The van der Waals surface area contributed by atoms with Crippen molar-refractivity contribution in [3.05, 3.63) is 72.1 Å². The summed E-state index contributed by atoms with van der Waals surface area (Å²) in [6, 6.07) is 11.2. The van der Waals surface area contributed by atoms with Gasteiger partial charge in [-0.3, -0.25) is 19.0 Å². The maximum Gasteiger partial charge on any atom is 0.284 e. The Morgan fingerprint density at radius 2 is 1.26 bits per heavy atom. The summed E-state index contributed by atoms with van der Waals surface area (Å²) < 4.78 is 1.67. The van der Waals surface area contributed by atoms with E-state index in [-0.39, 0.29) is 12.3 Å². The number of nitrogens with zero attached hydrogens (tertiary/aromatic N) is 1. The van der Waals surface area contributed by atoms with Crippen molar-refractivity contribution in [2.45, 2.75) is 89.5 Å². The number of aromatic nitrogens is 1. The number of amides is 1. The van der Waals surface area contributed by atoms with Crippen LogP contribution in [-0.4, -0.2) is 22.2 Å². The molecule has 0 radical (unpaired) electrons. The second kappa shape index (κ2) is 30.8. The summed E-state index contributed by atoms with van der Waals surface area (Å²) in [6.07, 6.45) is 3.62. The summed E-state index contributed by atoms with van der Waals surface area (Å²) in [7, 11) is 0. The summed E-state index contributed by atoms with van der Waals surface area (Å²) in [6.45, 7) is 31.0. The summed E-state index contributed by atoms with van der Waals surface area (Å²) >= 11 is 0. The van der Waals surface area contributed by atoms with Crippen LogP contribution in [0.1, 0.15) is 110 Å². The minimum Gasteiger partial charge on any atom is -0.363 e. The van der Waals surface area contributed by atoms with E-state index in [1.165, 1.54) is 0 Å². The molecular weight excluding hydrogens is 436 g/mol. The molecule has 0 aliphatic rings. The van der Waals surface area contributed by atoms with Crippen molar-refractivity contribution in [2.75, 3.05) is 0 Å². The van der Waals surface area contributed by atoms with Gasteiger partial charge < -0.3 is 5.73 Å². The number of Topliss-reactive ketones (excluding diaryl/α,β-unsaturated/α-hetero) is 1. The molecule has 0 saturated carbocycles. The number of benzene rings is 1. The zero-order valence-electron chi connectivity index (χ0n) is 24.5. The second-order valence-corrected chi connectivity index (χ2v) is 5.18. The number of carbonyl (C=O) groups excluding carboxylic acids is 3. The third kappa shape index (κ3) is 17.0. The Balaban J connectivity index is -0.000000148. The first kappa shape index (κ1) is 42.0. The first-order valence-electron chi connectivity index (χ1n) is 12.8. The molecule has 0 bridgehead atoms.